The molecular weight excluding hydrogens is 284 g/mol. The van der Waals surface area contributed by atoms with Crippen LogP contribution in [0, 0.1) is 0 Å². The van der Waals surface area contributed by atoms with Crippen molar-refractivity contribution in [3.05, 3.63) is 46.7 Å². The van der Waals surface area contributed by atoms with Crippen molar-refractivity contribution >= 4 is 22.9 Å². The Morgan fingerprint density at radius 2 is 2.10 bits per heavy atom. The molecule has 0 saturated heterocycles. The molecule has 0 unspecified atom stereocenters. The molecule has 0 aliphatic rings. The van der Waals surface area contributed by atoms with Gasteiger partial charge in [-0.15, -0.1) is 11.3 Å². The van der Waals surface area contributed by atoms with Crippen LogP contribution in [0.25, 0.3) is 0 Å². The molecule has 0 radical (unpaired) electrons. The first-order valence-electron chi connectivity index (χ1n) is 6.78. The lowest BCUT2D eigenvalue weighted by Gasteiger charge is -2.23. The van der Waals surface area contributed by atoms with E-state index in [2.05, 4.69) is 23.7 Å². The molecule has 0 aliphatic heterocycles. The molecule has 112 valence electrons. The van der Waals surface area contributed by atoms with E-state index in [9.17, 15) is 4.79 Å². The first-order chi connectivity index (χ1) is 10.1. The highest BCUT2D eigenvalue weighted by Crippen LogP contribution is 2.25. The smallest absolute Gasteiger partial charge is 0.238 e. The van der Waals surface area contributed by atoms with Crippen LogP contribution in [-0.4, -0.2) is 31.5 Å². The predicted molar refractivity (Wildman–Crippen MR) is 87.0 cm³/mol. The van der Waals surface area contributed by atoms with Gasteiger partial charge in [0.15, 0.2) is 0 Å². The van der Waals surface area contributed by atoms with E-state index < -0.39 is 0 Å². The Hall–Kier alpha value is -1.85. The molecule has 2 rings (SSSR count). The number of hydrogen-bond acceptors (Lipinski definition) is 4. The largest absolute Gasteiger partial charge is 0.495 e. The molecule has 1 aromatic heterocycles. The van der Waals surface area contributed by atoms with E-state index in [1.54, 1.807) is 18.4 Å². The molecule has 1 atom stereocenters. The molecule has 0 saturated carbocycles. The van der Waals surface area contributed by atoms with Crippen LogP contribution in [0.15, 0.2) is 41.8 Å². The second-order valence-electron chi connectivity index (χ2n) is 4.85. The number of amides is 1. The fourth-order valence-electron chi connectivity index (χ4n) is 2.05. The Kier molecular flexibility index (Phi) is 5.36. The summed E-state index contributed by atoms with van der Waals surface area (Å²) in [4.78, 5) is 15.4. The SMILES string of the molecule is COc1ccccc1NC(=O)CN(C)[C@@H](C)c1cccs1. The van der Waals surface area contributed by atoms with Crippen LogP contribution in [0.5, 0.6) is 5.75 Å². The van der Waals surface area contributed by atoms with Gasteiger partial charge in [-0.05, 0) is 37.6 Å². The van der Waals surface area contributed by atoms with E-state index in [1.807, 2.05) is 42.3 Å². The van der Waals surface area contributed by atoms with E-state index in [0.29, 0.717) is 18.0 Å². The number of thiophene rings is 1. The lowest BCUT2D eigenvalue weighted by molar-refractivity contribution is -0.117. The van der Waals surface area contributed by atoms with Gasteiger partial charge in [-0.25, -0.2) is 0 Å². The molecule has 1 heterocycles. The second kappa shape index (κ2) is 7.24. The summed E-state index contributed by atoms with van der Waals surface area (Å²) in [5, 5.41) is 4.94. The van der Waals surface area contributed by atoms with Crippen LogP contribution in [0.3, 0.4) is 0 Å². The summed E-state index contributed by atoms with van der Waals surface area (Å²) in [5.41, 5.74) is 0.696. The van der Waals surface area contributed by atoms with Crippen molar-refractivity contribution in [3.8, 4) is 5.75 Å². The number of carbonyl (C=O) groups is 1. The van der Waals surface area contributed by atoms with Crippen molar-refractivity contribution in [3.63, 3.8) is 0 Å². The molecule has 1 amide bonds. The summed E-state index contributed by atoms with van der Waals surface area (Å²) < 4.78 is 5.23. The van der Waals surface area contributed by atoms with Crippen LogP contribution in [0.4, 0.5) is 5.69 Å². The minimum atomic E-state index is -0.0505. The minimum absolute atomic E-state index is 0.0505. The summed E-state index contributed by atoms with van der Waals surface area (Å²) in [6.45, 7) is 2.43. The van der Waals surface area contributed by atoms with Crippen LogP contribution in [0.1, 0.15) is 17.8 Å². The van der Waals surface area contributed by atoms with Gasteiger partial charge in [-0.3, -0.25) is 9.69 Å². The van der Waals surface area contributed by atoms with Gasteiger partial charge >= 0.3 is 0 Å². The van der Waals surface area contributed by atoms with Gasteiger partial charge in [-0.1, -0.05) is 18.2 Å². The zero-order chi connectivity index (χ0) is 15.2. The van der Waals surface area contributed by atoms with Gasteiger partial charge in [0.2, 0.25) is 5.91 Å². The fraction of sp³-hybridized carbons (Fsp3) is 0.312. The van der Waals surface area contributed by atoms with E-state index in [4.69, 9.17) is 4.74 Å². The molecule has 0 spiro atoms. The van der Waals surface area contributed by atoms with Crippen LogP contribution >= 0.6 is 11.3 Å². The molecule has 21 heavy (non-hydrogen) atoms. The zero-order valence-electron chi connectivity index (χ0n) is 12.5. The maximum Gasteiger partial charge on any atom is 0.238 e. The molecule has 2 aromatic rings. The topological polar surface area (TPSA) is 41.6 Å². The third-order valence-corrected chi connectivity index (χ3v) is 4.43. The summed E-state index contributed by atoms with van der Waals surface area (Å²) in [6, 6.07) is 11.7. The molecule has 0 fully saturated rings. The Labute approximate surface area is 129 Å². The van der Waals surface area contributed by atoms with Gasteiger partial charge < -0.3 is 10.1 Å². The van der Waals surface area contributed by atoms with Gasteiger partial charge in [-0.2, -0.15) is 0 Å². The van der Waals surface area contributed by atoms with Crippen molar-refractivity contribution < 1.29 is 9.53 Å². The Morgan fingerprint density at radius 3 is 2.76 bits per heavy atom. The zero-order valence-corrected chi connectivity index (χ0v) is 13.3. The minimum Gasteiger partial charge on any atom is -0.495 e. The van der Waals surface area contributed by atoms with E-state index >= 15 is 0 Å². The summed E-state index contributed by atoms with van der Waals surface area (Å²) in [5.74, 6) is 0.616. The number of para-hydroxylation sites is 2. The first kappa shape index (κ1) is 15.5. The van der Waals surface area contributed by atoms with Crippen LogP contribution in [0.2, 0.25) is 0 Å². The van der Waals surface area contributed by atoms with Crippen molar-refractivity contribution in [1.29, 1.82) is 0 Å². The number of hydrogen-bond donors (Lipinski definition) is 1. The van der Waals surface area contributed by atoms with Gasteiger partial charge in [0, 0.05) is 10.9 Å². The third-order valence-electron chi connectivity index (χ3n) is 3.39. The van der Waals surface area contributed by atoms with Crippen LogP contribution < -0.4 is 10.1 Å². The van der Waals surface area contributed by atoms with Gasteiger partial charge in [0.1, 0.15) is 5.75 Å². The average Bonchev–Trinajstić information content (AvgIpc) is 3.01. The number of anilines is 1. The maximum absolute atomic E-state index is 12.2. The summed E-state index contributed by atoms with van der Waals surface area (Å²) >= 11 is 1.70. The number of nitrogens with zero attached hydrogens (tertiary/aromatic N) is 1. The molecule has 0 bridgehead atoms. The second-order valence-corrected chi connectivity index (χ2v) is 5.83. The number of likely N-dealkylation sites (N-methyl/N-ethyl adjacent to an activating group) is 1. The Balaban J connectivity index is 1.95. The lowest BCUT2D eigenvalue weighted by Crippen LogP contribution is -2.32. The first-order valence-corrected chi connectivity index (χ1v) is 7.66. The molecule has 1 aromatic carbocycles. The normalized spacial score (nSPS) is 12.2. The van der Waals surface area contributed by atoms with Gasteiger partial charge in [0.05, 0.1) is 19.3 Å². The summed E-state index contributed by atoms with van der Waals surface area (Å²) in [6.07, 6.45) is 0. The maximum atomic E-state index is 12.2. The molecular formula is C16H20N2O2S. The summed E-state index contributed by atoms with van der Waals surface area (Å²) in [7, 11) is 3.54. The van der Waals surface area contributed by atoms with Crippen molar-refractivity contribution in [2.45, 2.75) is 13.0 Å². The highest BCUT2D eigenvalue weighted by atomic mass is 32.1. The van der Waals surface area contributed by atoms with Crippen molar-refractivity contribution in [2.24, 2.45) is 0 Å². The molecule has 0 aliphatic carbocycles. The lowest BCUT2D eigenvalue weighted by atomic mass is 10.2. The average molecular weight is 304 g/mol. The van der Waals surface area contributed by atoms with E-state index in [0.717, 1.165) is 0 Å². The van der Waals surface area contributed by atoms with E-state index in [-0.39, 0.29) is 11.9 Å². The monoisotopic (exact) mass is 304 g/mol. The molecule has 5 heteroatoms. The highest BCUT2D eigenvalue weighted by Gasteiger charge is 2.16. The standard InChI is InChI=1S/C16H20N2O2S/c1-12(15-9-6-10-21-15)18(2)11-16(19)17-13-7-4-5-8-14(13)20-3/h4-10,12H,11H2,1-3H3,(H,17,19)/t12-/m0/s1. The van der Waals surface area contributed by atoms with Gasteiger partial charge in [0.25, 0.3) is 0 Å². The quantitative estimate of drug-likeness (QED) is 0.889. The number of carbonyl (C=O) groups excluding carboxylic acids is 1. The van der Waals surface area contributed by atoms with Crippen LogP contribution in [-0.2, 0) is 4.79 Å². The predicted octanol–water partition coefficient (Wildman–Crippen LogP) is 3.39. The fourth-order valence-corrected chi connectivity index (χ4v) is 2.90. The molecule has 4 nitrogen and oxygen atoms in total. The number of nitrogens with one attached hydrogen (secondary N) is 1. The van der Waals surface area contributed by atoms with Crippen molar-refractivity contribution in [1.82, 2.24) is 4.90 Å². The number of methoxy groups -OCH3 is 1. The Morgan fingerprint density at radius 1 is 1.33 bits per heavy atom. The highest BCUT2D eigenvalue weighted by molar-refractivity contribution is 7.10. The number of rotatable bonds is 6. The third kappa shape index (κ3) is 4.06. The van der Waals surface area contributed by atoms with Crippen molar-refractivity contribution in [2.75, 3.05) is 26.0 Å². The number of benzene rings is 1. The molecule has 1 N–H and O–H groups in total. The number of ether oxygens (including phenoxy) is 1. The Bertz CT molecular complexity index is 584. The van der Waals surface area contributed by atoms with E-state index in [1.165, 1.54) is 4.88 Å².